The van der Waals surface area contributed by atoms with Gasteiger partial charge in [-0.05, 0) is 19.8 Å². The summed E-state index contributed by atoms with van der Waals surface area (Å²) < 4.78 is 0. The second-order valence-electron chi connectivity index (χ2n) is 4.87. The van der Waals surface area contributed by atoms with E-state index in [9.17, 15) is 14.9 Å². The Morgan fingerprint density at radius 2 is 2.38 bits per heavy atom. The summed E-state index contributed by atoms with van der Waals surface area (Å²) in [6.45, 7) is 3.29. The standard InChI is InChI=1S/C12H18N6O3/c1-2-14-11-9(18(20)21)12(16-7-15-11)17-5-3-4-8(6-17)10(13)19/h7-8H,2-6H2,1H3,(H2,13,19)(H,14,15,16). The zero-order valence-electron chi connectivity index (χ0n) is 11.8. The number of carbonyl (C=O) groups excluding carboxylic acids is 1. The fraction of sp³-hybridized carbons (Fsp3) is 0.583. The summed E-state index contributed by atoms with van der Waals surface area (Å²) in [5, 5.41) is 14.2. The number of nitrogens with two attached hydrogens (primary N) is 1. The van der Waals surface area contributed by atoms with E-state index >= 15 is 0 Å². The number of nitrogens with zero attached hydrogens (tertiary/aromatic N) is 4. The zero-order valence-corrected chi connectivity index (χ0v) is 11.8. The van der Waals surface area contributed by atoms with Gasteiger partial charge in [0.2, 0.25) is 17.5 Å². The zero-order chi connectivity index (χ0) is 15.4. The molecule has 0 saturated carbocycles. The third kappa shape index (κ3) is 3.18. The molecular formula is C12H18N6O3. The minimum atomic E-state index is -0.499. The van der Waals surface area contributed by atoms with Crippen LogP contribution in [0.15, 0.2) is 6.33 Å². The number of rotatable bonds is 5. The molecule has 3 N–H and O–H groups in total. The van der Waals surface area contributed by atoms with Crippen LogP contribution in [0.4, 0.5) is 17.3 Å². The van der Waals surface area contributed by atoms with Gasteiger partial charge in [-0.3, -0.25) is 14.9 Å². The van der Waals surface area contributed by atoms with E-state index < -0.39 is 4.92 Å². The number of hydrogen-bond acceptors (Lipinski definition) is 7. The van der Waals surface area contributed by atoms with E-state index in [0.29, 0.717) is 26.1 Å². The van der Waals surface area contributed by atoms with Gasteiger partial charge in [0.1, 0.15) is 6.33 Å². The molecule has 114 valence electrons. The van der Waals surface area contributed by atoms with Crippen molar-refractivity contribution in [1.82, 2.24) is 9.97 Å². The third-order valence-electron chi connectivity index (χ3n) is 3.45. The number of piperidine rings is 1. The van der Waals surface area contributed by atoms with Crippen LogP contribution in [-0.2, 0) is 4.79 Å². The number of amides is 1. The molecule has 0 aliphatic carbocycles. The number of aromatic nitrogens is 2. The first-order chi connectivity index (χ1) is 10.0. The molecule has 1 atom stereocenters. The molecule has 1 unspecified atom stereocenters. The number of nitro groups is 1. The molecule has 1 aromatic rings. The van der Waals surface area contributed by atoms with Crippen molar-refractivity contribution in [3.05, 3.63) is 16.4 Å². The van der Waals surface area contributed by atoms with Gasteiger partial charge in [-0.1, -0.05) is 0 Å². The Balaban J connectivity index is 2.36. The maximum atomic E-state index is 11.3. The van der Waals surface area contributed by atoms with E-state index in [1.165, 1.54) is 6.33 Å². The van der Waals surface area contributed by atoms with E-state index in [1.54, 1.807) is 4.90 Å². The molecule has 1 fully saturated rings. The van der Waals surface area contributed by atoms with Crippen LogP contribution in [0.5, 0.6) is 0 Å². The SMILES string of the molecule is CCNc1ncnc(N2CCCC(C(N)=O)C2)c1[N+](=O)[O-]. The number of hydrogen-bond donors (Lipinski definition) is 2. The minimum absolute atomic E-state index is 0.163. The smallest absolute Gasteiger partial charge is 0.353 e. The highest BCUT2D eigenvalue weighted by Gasteiger charge is 2.31. The highest BCUT2D eigenvalue weighted by molar-refractivity contribution is 5.78. The molecule has 1 saturated heterocycles. The highest BCUT2D eigenvalue weighted by Crippen LogP contribution is 2.33. The monoisotopic (exact) mass is 294 g/mol. The molecular weight excluding hydrogens is 276 g/mol. The number of anilines is 2. The molecule has 1 amide bonds. The van der Waals surface area contributed by atoms with Crippen molar-refractivity contribution in [3.8, 4) is 0 Å². The molecule has 2 heterocycles. The van der Waals surface area contributed by atoms with Crippen LogP contribution in [-0.4, -0.2) is 40.4 Å². The predicted octanol–water partition coefficient (Wildman–Crippen LogP) is 0.518. The van der Waals surface area contributed by atoms with Gasteiger partial charge in [-0.2, -0.15) is 0 Å². The van der Waals surface area contributed by atoms with Gasteiger partial charge in [-0.25, -0.2) is 9.97 Å². The molecule has 9 nitrogen and oxygen atoms in total. The molecule has 0 radical (unpaired) electrons. The van der Waals surface area contributed by atoms with Crippen LogP contribution in [0.1, 0.15) is 19.8 Å². The second kappa shape index (κ2) is 6.33. The lowest BCUT2D eigenvalue weighted by Crippen LogP contribution is -2.41. The van der Waals surface area contributed by atoms with E-state index in [2.05, 4.69) is 15.3 Å². The molecule has 1 aliphatic rings. The summed E-state index contributed by atoms with van der Waals surface area (Å²) in [5.41, 5.74) is 5.18. The van der Waals surface area contributed by atoms with Crippen molar-refractivity contribution < 1.29 is 9.72 Å². The van der Waals surface area contributed by atoms with Crippen LogP contribution >= 0.6 is 0 Å². The molecule has 1 aromatic heterocycles. The third-order valence-corrected chi connectivity index (χ3v) is 3.45. The van der Waals surface area contributed by atoms with Crippen LogP contribution in [0.2, 0.25) is 0 Å². The molecule has 0 aromatic carbocycles. The summed E-state index contributed by atoms with van der Waals surface area (Å²) in [6, 6.07) is 0. The molecule has 21 heavy (non-hydrogen) atoms. The van der Waals surface area contributed by atoms with Gasteiger partial charge in [-0.15, -0.1) is 0 Å². The molecule has 0 spiro atoms. The molecule has 0 bridgehead atoms. The largest absolute Gasteiger partial charge is 0.369 e. The van der Waals surface area contributed by atoms with Crippen molar-refractivity contribution in [1.29, 1.82) is 0 Å². The molecule has 2 rings (SSSR count). The van der Waals surface area contributed by atoms with E-state index in [4.69, 9.17) is 5.73 Å². The Labute approximate surface area is 121 Å². The van der Waals surface area contributed by atoms with Crippen LogP contribution in [0, 0.1) is 16.0 Å². The lowest BCUT2D eigenvalue weighted by Gasteiger charge is -2.31. The predicted molar refractivity (Wildman–Crippen MR) is 77.0 cm³/mol. The summed E-state index contributed by atoms with van der Waals surface area (Å²) in [5.74, 6) is -0.273. The lowest BCUT2D eigenvalue weighted by atomic mass is 9.97. The fourth-order valence-corrected chi connectivity index (χ4v) is 2.47. The molecule has 9 heteroatoms. The van der Waals surface area contributed by atoms with Crippen molar-refractivity contribution in [2.24, 2.45) is 11.7 Å². The first kappa shape index (κ1) is 14.9. The summed E-state index contributed by atoms with van der Waals surface area (Å²) in [6.07, 6.45) is 2.73. The minimum Gasteiger partial charge on any atom is -0.369 e. The normalized spacial score (nSPS) is 18.3. The Morgan fingerprint density at radius 3 is 3.00 bits per heavy atom. The van der Waals surface area contributed by atoms with Crippen molar-refractivity contribution in [3.63, 3.8) is 0 Å². The van der Waals surface area contributed by atoms with Gasteiger partial charge in [0.15, 0.2) is 0 Å². The van der Waals surface area contributed by atoms with E-state index in [-0.39, 0.29) is 29.1 Å². The maximum absolute atomic E-state index is 11.3. The first-order valence-corrected chi connectivity index (χ1v) is 6.82. The summed E-state index contributed by atoms with van der Waals surface area (Å²) in [7, 11) is 0. The van der Waals surface area contributed by atoms with Crippen LogP contribution < -0.4 is 16.0 Å². The van der Waals surface area contributed by atoms with Crippen LogP contribution in [0.3, 0.4) is 0 Å². The van der Waals surface area contributed by atoms with Gasteiger partial charge in [0, 0.05) is 19.6 Å². The Morgan fingerprint density at radius 1 is 1.62 bits per heavy atom. The summed E-state index contributed by atoms with van der Waals surface area (Å²) in [4.78, 5) is 31.9. The van der Waals surface area contributed by atoms with E-state index in [0.717, 1.165) is 6.42 Å². The highest BCUT2D eigenvalue weighted by atomic mass is 16.6. The number of primary amides is 1. The number of nitrogens with one attached hydrogen (secondary N) is 1. The number of carbonyl (C=O) groups is 1. The van der Waals surface area contributed by atoms with Crippen molar-refractivity contribution >= 4 is 23.2 Å². The molecule has 1 aliphatic heterocycles. The Bertz CT molecular complexity index is 550. The summed E-state index contributed by atoms with van der Waals surface area (Å²) >= 11 is 0. The van der Waals surface area contributed by atoms with E-state index in [1.807, 2.05) is 6.92 Å². The van der Waals surface area contributed by atoms with Crippen LogP contribution in [0.25, 0.3) is 0 Å². The lowest BCUT2D eigenvalue weighted by molar-refractivity contribution is -0.383. The van der Waals surface area contributed by atoms with Gasteiger partial charge in [0.05, 0.1) is 10.8 Å². The Kier molecular flexibility index (Phi) is 4.51. The first-order valence-electron chi connectivity index (χ1n) is 6.82. The maximum Gasteiger partial charge on any atom is 0.353 e. The fourth-order valence-electron chi connectivity index (χ4n) is 2.47. The average Bonchev–Trinajstić information content (AvgIpc) is 2.47. The topological polar surface area (TPSA) is 127 Å². The van der Waals surface area contributed by atoms with Crippen molar-refractivity contribution in [2.45, 2.75) is 19.8 Å². The van der Waals surface area contributed by atoms with Crippen molar-refractivity contribution in [2.75, 3.05) is 29.9 Å². The van der Waals surface area contributed by atoms with Gasteiger partial charge < -0.3 is 16.0 Å². The average molecular weight is 294 g/mol. The van der Waals surface area contributed by atoms with Gasteiger partial charge >= 0.3 is 5.69 Å². The second-order valence-corrected chi connectivity index (χ2v) is 4.87. The quantitative estimate of drug-likeness (QED) is 0.598. The van der Waals surface area contributed by atoms with Gasteiger partial charge in [0.25, 0.3) is 0 Å². The Hall–Kier alpha value is -2.45.